The molecule has 0 aromatic heterocycles. The lowest BCUT2D eigenvalue weighted by Gasteiger charge is -2.21. The maximum Gasteiger partial charge on any atom is 0.185 e. The second-order valence-electron chi connectivity index (χ2n) is 6.55. The van der Waals surface area contributed by atoms with E-state index >= 15 is 0 Å². The van der Waals surface area contributed by atoms with Gasteiger partial charge in [-0.2, -0.15) is 0 Å². The fourth-order valence-corrected chi connectivity index (χ4v) is 3.68. The highest BCUT2D eigenvalue weighted by Crippen LogP contribution is 2.32. The van der Waals surface area contributed by atoms with Gasteiger partial charge in [-0.1, -0.05) is 67.3 Å². The van der Waals surface area contributed by atoms with E-state index in [0.717, 1.165) is 11.1 Å². The highest BCUT2D eigenvalue weighted by atomic mass is 35.5. The van der Waals surface area contributed by atoms with Gasteiger partial charge in [0.1, 0.15) is 5.75 Å². The molecule has 0 heterocycles. The summed E-state index contributed by atoms with van der Waals surface area (Å²) in [5.74, 6) is 1.29. The highest BCUT2D eigenvalue weighted by molar-refractivity contribution is 6.32. The van der Waals surface area contributed by atoms with Crippen LogP contribution in [0.15, 0.2) is 48.5 Å². The molecule has 0 atom stereocenters. The Balaban J connectivity index is 1.67. The van der Waals surface area contributed by atoms with Gasteiger partial charge in [0.25, 0.3) is 0 Å². The van der Waals surface area contributed by atoms with Crippen molar-refractivity contribution in [2.75, 3.05) is 7.11 Å². The zero-order valence-electron chi connectivity index (χ0n) is 14.5. The van der Waals surface area contributed by atoms with Crippen molar-refractivity contribution >= 4 is 23.5 Å². The van der Waals surface area contributed by atoms with Crippen LogP contribution < -0.4 is 4.74 Å². The zero-order chi connectivity index (χ0) is 17.6. The van der Waals surface area contributed by atoms with Gasteiger partial charge in [-0.15, -0.1) is 0 Å². The van der Waals surface area contributed by atoms with Crippen LogP contribution in [0, 0.1) is 0 Å². The molecule has 3 heteroatoms. The van der Waals surface area contributed by atoms with E-state index in [-0.39, 0.29) is 5.78 Å². The molecule has 25 heavy (non-hydrogen) atoms. The smallest absolute Gasteiger partial charge is 0.185 e. The third-order valence-electron chi connectivity index (χ3n) is 4.87. The molecule has 2 aromatic carbocycles. The van der Waals surface area contributed by atoms with Crippen molar-refractivity contribution in [2.45, 2.75) is 38.0 Å². The normalized spacial score (nSPS) is 15.4. The largest absolute Gasteiger partial charge is 0.495 e. The number of rotatable bonds is 5. The fraction of sp³-hybridized carbons (Fsp3) is 0.318. The first-order valence-electron chi connectivity index (χ1n) is 8.83. The molecule has 0 bridgehead atoms. The summed E-state index contributed by atoms with van der Waals surface area (Å²) in [6.07, 6.45) is 9.90. The standard InChI is InChI=1S/C22H23ClO2/c1-25-22-14-8-16(15-20(22)23)7-13-21(24)19-11-9-18(10-12-19)17-5-3-2-4-6-17/h7-15,17H,2-6H2,1H3/b13-7+. The van der Waals surface area contributed by atoms with Gasteiger partial charge in [0.15, 0.2) is 5.78 Å². The summed E-state index contributed by atoms with van der Waals surface area (Å²) in [4.78, 5) is 12.4. The number of ether oxygens (including phenoxy) is 1. The predicted molar refractivity (Wildman–Crippen MR) is 104 cm³/mol. The summed E-state index contributed by atoms with van der Waals surface area (Å²) in [5.41, 5.74) is 2.95. The molecule has 0 amide bonds. The Hall–Kier alpha value is -2.06. The summed E-state index contributed by atoms with van der Waals surface area (Å²) in [5, 5.41) is 0.536. The van der Waals surface area contributed by atoms with E-state index in [1.807, 2.05) is 18.2 Å². The first-order chi connectivity index (χ1) is 12.2. The number of allylic oxidation sites excluding steroid dienone is 1. The lowest BCUT2D eigenvalue weighted by Crippen LogP contribution is -2.05. The maximum atomic E-state index is 12.4. The molecule has 0 radical (unpaired) electrons. The van der Waals surface area contributed by atoms with Crippen LogP contribution in [-0.2, 0) is 0 Å². The molecule has 1 aliphatic carbocycles. The van der Waals surface area contributed by atoms with Crippen LogP contribution in [0.5, 0.6) is 5.75 Å². The van der Waals surface area contributed by atoms with Gasteiger partial charge in [0.2, 0.25) is 0 Å². The molecule has 1 fully saturated rings. The number of halogens is 1. The minimum absolute atomic E-state index is 0.00198. The third-order valence-corrected chi connectivity index (χ3v) is 5.17. The van der Waals surface area contributed by atoms with Crippen LogP contribution >= 0.6 is 11.6 Å². The average molecular weight is 355 g/mol. The molecule has 1 aliphatic rings. The zero-order valence-corrected chi connectivity index (χ0v) is 15.3. The van der Waals surface area contributed by atoms with E-state index in [2.05, 4.69) is 12.1 Å². The SMILES string of the molecule is COc1ccc(/C=C/C(=O)c2ccc(C3CCCCC3)cc2)cc1Cl. The van der Waals surface area contributed by atoms with Gasteiger partial charge >= 0.3 is 0 Å². The summed E-state index contributed by atoms with van der Waals surface area (Å²) in [6.45, 7) is 0. The second-order valence-corrected chi connectivity index (χ2v) is 6.96. The van der Waals surface area contributed by atoms with Crippen molar-refractivity contribution in [1.82, 2.24) is 0 Å². The number of ketones is 1. The average Bonchev–Trinajstić information content (AvgIpc) is 2.67. The van der Waals surface area contributed by atoms with Gasteiger partial charge in [0.05, 0.1) is 12.1 Å². The van der Waals surface area contributed by atoms with Crippen molar-refractivity contribution in [3.63, 3.8) is 0 Å². The van der Waals surface area contributed by atoms with Crippen molar-refractivity contribution in [3.05, 3.63) is 70.3 Å². The van der Waals surface area contributed by atoms with Crippen molar-refractivity contribution < 1.29 is 9.53 Å². The Morgan fingerprint density at radius 3 is 2.44 bits per heavy atom. The lowest BCUT2D eigenvalue weighted by atomic mass is 9.84. The van der Waals surface area contributed by atoms with E-state index in [4.69, 9.17) is 16.3 Å². The molecule has 130 valence electrons. The minimum Gasteiger partial charge on any atom is -0.495 e. The van der Waals surface area contributed by atoms with E-state index in [0.29, 0.717) is 16.7 Å². The van der Waals surface area contributed by atoms with Crippen LogP contribution in [0.1, 0.15) is 59.5 Å². The number of carbonyl (C=O) groups excluding carboxylic acids is 1. The van der Waals surface area contributed by atoms with Crippen LogP contribution in [0.3, 0.4) is 0 Å². The number of hydrogen-bond donors (Lipinski definition) is 0. The number of methoxy groups -OCH3 is 1. The third kappa shape index (κ3) is 4.52. The van der Waals surface area contributed by atoms with Crippen molar-refractivity contribution in [3.8, 4) is 5.75 Å². The molecule has 0 spiro atoms. The van der Waals surface area contributed by atoms with E-state index < -0.39 is 0 Å². The predicted octanol–water partition coefficient (Wildman–Crippen LogP) is 6.29. The monoisotopic (exact) mass is 354 g/mol. The van der Waals surface area contributed by atoms with E-state index in [9.17, 15) is 4.79 Å². The molecule has 0 aliphatic heterocycles. The van der Waals surface area contributed by atoms with Gasteiger partial charge < -0.3 is 4.74 Å². The van der Waals surface area contributed by atoms with E-state index in [1.54, 1.807) is 31.4 Å². The van der Waals surface area contributed by atoms with Gasteiger partial charge in [-0.05, 0) is 48.1 Å². The Morgan fingerprint density at radius 2 is 1.80 bits per heavy atom. The molecule has 1 saturated carbocycles. The van der Waals surface area contributed by atoms with Gasteiger partial charge in [-0.3, -0.25) is 4.79 Å². The fourth-order valence-electron chi connectivity index (χ4n) is 3.41. The molecule has 2 nitrogen and oxygen atoms in total. The molecule has 0 saturated heterocycles. The summed E-state index contributed by atoms with van der Waals surface area (Å²) in [7, 11) is 1.58. The quantitative estimate of drug-likeness (QED) is 0.465. The van der Waals surface area contributed by atoms with E-state index in [1.165, 1.54) is 37.7 Å². The maximum absolute atomic E-state index is 12.4. The van der Waals surface area contributed by atoms with Crippen molar-refractivity contribution in [1.29, 1.82) is 0 Å². The topological polar surface area (TPSA) is 26.3 Å². The Kier molecular flexibility index (Phi) is 5.93. The van der Waals surface area contributed by atoms with Crippen LogP contribution in [0.2, 0.25) is 5.02 Å². The van der Waals surface area contributed by atoms with Gasteiger partial charge in [-0.25, -0.2) is 0 Å². The molecular weight excluding hydrogens is 332 g/mol. The van der Waals surface area contributed by atoms with Crippen LogP contribution in [-0.4, -0.2) is 12.9 Å². The number of carbonyl (C=O) groups is 1. The van der Waals surface area contributed by atoms with Crippen LogP contribution in [0.4, 0.5) is 0 Å². The number of hydrogen-bond acceptors (Lipinski definition) is 2. The minimum atomic E-state index is 0.00198. The first kappa shape index (κ1) is 17.8. The molecule has 0 unspecified atom stereocenters. The molecular formula is C22H23ClO2. The summed E-state index contributed by atoms with van der Waals surface area (Å²) in [6, 6.07) is 13.6. The molecule has 3 rings (SSSR count). The highest BCUT2D eigenvalue weighted by Gasteiger charge is 2.15. The van der Waals surface area contributed by atoms with Crippen LogP contribution in [0.25, 0.3) is 6.08 Å². The number of benzene rings is 2. The Bertz CT molecular complexity index is 756. The summed E-state index contributed by atoms with van der Waals surface area (Å²) < 4.78 is 5.13. The van der Waals surface area contributed by atoms with Gasteiger partial charge in [0, 0.05) is 5.56 Å². The Morgan fingerprint density at radius 1 is 1.08 bits per heavy atom. The molecule has 2 aromatic rings. The molecule has 0 N–H and O–H groups in total. The lowest BCUT2D eigenvalue weighted by molar-refractivity contribution is 0.104. The van der Waals surface area contributed by atoms with Crippen molar-refractivity contribution in [2.24, 2.45) is 0 Å². The Labute approximate surface area is 154 Å². The first-order valence-corrected chi connectivity index (χ1v) is 9.21. The summed E-state index contributed by atoms with van der Waals surface area (Å²) >= 11 is 6.11. The second kappa shape index (κ2) is 8.35.